The zero-order valence-corrected chi connectivity index (χ0v) is 13.9. The third-order valence-electron chi connectivity index (χ3n) is 2.92. The van der Waals surface area contributed by atoms with Crippen molar-refractivity contribution in [2.75, 3.05) is 6.54 Å². The largest absolute Gasteiger partial charge is 0.312 e. The third-order valence-corrected chi connectivity index (χ3v) is 5.52. The van der Waals surface area contributed by atoms with Crippen LogP contribution >= 0.6 is 23.1 Å². The SMILES string of the molecule is CCNCc1sc(CSC(C)CC)nc1C(C)C. The van der Waals surface area contributed by atoms with Gasteiger partial charge in [0.25, 0.3) is 0 Å². The Bertz CT molecular complexity index is 348. The van der Waals surface area contributed by atoms with Crippen LogP contribution in [0.15, 0.2) is 0 Å². The van der Waals surface area contributed by atoms with Crippen molar-refractivity contribution in [1.82, 2.24) is 10.3 Å². The molecule has 0 bridgehead atoms. The van der Waals surface area contributed by atoms with Gasteiger partial charge in [0.2, 0.25) is 0 Å². The van der Waals surface area contributed by atoms with E-state index in [2.05, 4.69) is 39.9 Å². The Kier molecular flexibility index (Phi) is 7.27. The Morgan fingerprint density at radius 3 is 2.56 bits per heavy atom. The summed E-state index contributed by atoms with van der Waals surface area (Å²) in [6, 6.07) is 0. The molecule has 1 unspecified atom stereocenters. The summed E-state index contributed by atoms with van der Waals surface area (Å²) in [4.78, 5) is 6.25. The van der Waals surface area contributed by atoms with Gasteiger partial charge in [-0.2, -0.15) is 11.8 Å². The van der Waals surface area contributed by atoms with E-state index in [1.807, 2.05) is 23.1 Å². The number of nitrogens with one attached hydrogen (secondary N) is 1. The maximum atomic E-state index is 4.83. The molecule has 0 radical (unpaired) electrons. The van der Waals surface area contributed by atoms with Gasteiger partial charge in [0.15, 0.2) is 0 Å². The van der Waals surface area contributed by atoms with Crippen molar-refractivity contribution >= 4 is 23.1 Å². The predicted octanol–water partition coefficient (Wildman–Crippen LogP) is 4.41. The highest BCUT2D eigenvalue weighted by Crippen LogP contribution is 2.29. The minimum atomic E-state index is 0.525. The summed E-state index contributed by atoms with van der Waals surface area (Å²) in [5.41, 5.74) is 1.29. The average Bonchev–Trinajstić information content (AvgIpc) is 2.76. The number of hydrogen-bond acceptors (Lipinski definition) is 4. The summed E-state index contributed by atoms with van der Waals surface area (Å²) in [5.74, 6) is 1.59. The van der Waals surface area contributed by atoms with Gasteiger partial charge in [-0.25, -0.2) is 4.98 Å². The fourth-order valence-corrected chi connectivity index (χ4v) is 3.78. The van der Waals surface area contributed by atoms with Crippen LogP contribution < -0.4 is 5.32 Å². The number of rotatable bonds is 8. The molecule has 0 aliphatic heterocycles. The van der Waals surface area contributed by atoms with Gasteiger partial charge in [-0.15, -0.1) is 11.3 Å². The monoisotopic (exact) mass is 286 g/mol. The van der Waals surface area contributed by atoms with Crippen molar-refractivity contribution in [2.45, 2.75) is 64.5 Å². The molecule has 1 N–H and O–H groups in total. The molecule has 0 fully saturated rings. The molecule has 1 aromatic heterocycles. The molecule has 1 atom stereocenters. The Morgan fingerprint density at radius 2 is 2.00 bits per heavy atom. The second-order valence-electron chi connectivity index (χ2n) is 4.88. The first-order valence-electron chi connectivity index (χ1n) is 6.89. The molecular weight excluding hydrogens is 260 g/mol. The van der Waals surface area contributed by atoms with Gasteiger partial charge in [-0.1, -0.05) is 34.6 Å². The van der Waals surface area contributed by atoms with Crippen molar-refractivity contribution in [3.63, 3.8) is 0 Å². The van der Waals surface area contributed by atoms with Crippen molar-refractivity contribution < 1.29 is 0 Å². The number of thiazole rings is 1. The molecule has 4 heteroatoms. The first kappa shape index (κ1) is 16.0. The van der Waals surface area contributed by atoms with Gasteiger partial charge in [0.05, 0.1) is 5.69 Å². The smallest absolute Gasteiger partial charge is 0.103 e. The normalized spacial score (nSPS) is 13.2. The third kappa shape index (κ3) is 4.90. The van der Waals surface area contributed by atoms with Gasteiger partial charge < -0.3 is 5.32 Å². The van der Waals surface area contributed by atoms with E-state index in [0.717, 1.165) is 24.1 Å². The zero-order chi connectivity index (χ0) is 13.5. The van der Waals surface area contributed by atoms with Crippen molar-refractivity contribution in [1.29, 1.82) is 0 Å². The van der Waals surface area contributed by atoms with Crippen LogP contribution in [-0.2, 0) is 12.3 Å². The lowest BCUT2D eigenvalue weighted by Crippen LogP contribution is -2.12. The van der Waals surface area contributed by atoms with Crippen molar-refractivity contribution in [3.05, 3.63) is 15.6 Å². The van der Waals surface area contributed by atoms with Crippen LogP contribution in [0.2, 0.25) is 0 Å². The fraction of sp³-hybridized carbons (Fsp3) is 0.786. The van der Waals surface area contributed by atoms with Crippen molar-refractivity contribution in [2.24, 2.45) is 0 Å². The molecule has 0 aliphatic carbocycles. The van der Waals surface area contributed by atoms with Crippen LogP contribution in [-0.4, -0.2) is 16.8 Å². The summed E-state index contributed by atoms with van der Waals surface area (Å²) >= 11 is 3.90. The molecule has 0 aliphatic rings. The van der Waals surface area contributed by atoms with Crippen LogP contribution in [0.1, 0.15) is 62.5 Å². The van der Waals surface area contributed by atoms with E-state index in [-0.39, 0.29) is 0 Å². The fourth-order valence-electron chi connectivity index (χ4n) is 1.62. The lowest BCUT2D eigenvalue weighted by atomic mass is 10.1. The highest BCUT2D eigenvalue weighted by molar-refractivity contribution is 7.99. The zero-order valence-electron chi connectivity index (χ0n) is 12.2. The van der Waals surface area contributed by atoms with Crippen LogP contribution in [0.25, 0.3) is 0 Å². The molecule has 1 rings (SSSR count). The summed E-state index contributed by atoms with van der Waals surface area (Å²) in [6.45, 7) is 13.1. The first-order valence-corrected chi connectivity index (χ1v) is 8.75. The predicted molar refractivity (Wildman–Crippen MR) is 84.6 cm³/mol. The van der Waals surface area contributed by atoms with E-state index < -0.39 is 0 Å². The lowest BCUT2D eigenvalue weighted by Gasteiger charge is -2.05. The van der Waals surface area contributed by atoms with Gasteiger partial charge in [-0.05, 0) is 18.9 Å². The second kappa shape index (κ2) is 8.18. The molecule has 0 saturated heterocycles. The minimum absolute atomic E-state index is 0.525. The van der Waals surface area contributed by atoms with E-state index in [1.165, 1.54) is 22.0 Å². The minimum Gasteiger partial charge on any atom is -0.312 e. The standard InChI is InChI=1S/C14H26N2S2/c1-6-11(5)17-9-13-16-14(10(3)4)12(18-13)8-15-7-2/h10-11,15H,6-9H2,1-5H3. The lowest BCUT2D eigenvalue weighted by molar-refractivity contribution is 0.713. The van der Waals surface area contributed by atoms with Gasteiger partial charge in [0, 0.05) is 22.4 Å². The molecule has 2 nitrogen and oxygen atoms in total. The average molecular weight is 287 g/mol. The molecule has 18 heavy (non-hydrogen) atoms. The first-order chi connectivity index (χ1) is 8.58. The number of aromatic nitrogens is 1. The Labute approximate surface area is 120 Å². The van der Waals surface area contributed by atoms with E-state index in [1.54, 1.807) is 0 Å². The van der Waals surface area contributed by atoms with Gasteiger partial charge >= 0.3 is 0 Å². The van der Waals surface area contributed by atoms with Crippen LogP contribution in [0.5, 0.6) is 0 Å². The van der Waals surface area contributed by atoms with E-state index >= 15 is 0 Å². The quantitative estimate of drug-likeness (QED) is 0.766. The highest BCUT2D eigenvalue weighted by Gasteiger charge is 2.14. The summed E-state index contributed by atoms with van der Waals surface area (Å²) in [6.07, 6.45) is 1.23. The van der Waals surface area contributed by atoms with E-state index in [9.17, 15) is 0 Å². The molecule has 104 valence electrons. The molecule has 1 heterocycles. The Balaban J connectivity index is 2.69. The summed E-state index contributed by atoms with van der Waals surface area (Å²) in [7, 11) is 0. The number of thioether (sulfide) groups is 1. The molecule has 0 amide bonds. The highest BCUT2D eigenvalue weighted by atomic mass is 32.2. The molecule has 0 saturated carbocycles. The number of hydrogen-bond donors (Lipinski definition) is 1. The van der Waals surface area contributed by atoms with E-state index in [0.29, 0.717) is 5.92 Å². The van der Waals surface area contributed by atoms with Crippen LogP contribution in [0.4, 0.5) is 0 Å². The Hall–Kier alpha value is -0.0600. The maximum Gasteiger partial charge on any atom is 0.103 e. The Morgan fingerprint density at radius 1 is 1.28 bits per heavy atom. The molecule has 0 aromatic carbocycles. The molecule has 0 spiro atoms. The second-order valence-corrected chi connectivity index (χ2v) is 7.48. The molecule has 1 aromatic rings. The summed E-state index contributed by atoms with van der Waals surface area (Å²) < 4.78 is 0. The van der Waals surface area contributed by atoms with Crippen molar-refractivity contribution in [3.8, 4) is 0 Å². The topological polar surface area (TPSA) is 24.9 Å². The van der Waals surface area contributed by atoms with Gasteiger partial charge in [-0.3, -0.25) is 0 Å². The maximum absolute atomic E-state index is 4.83. The summed E-state index contributed by atoms with van der Waals surface area (Å²) in [5, 5.41) is 5.43. The van der Waals surface area contributed by atoms with Crippen LogP contribution in [0.3, 0.4) is 0 Å². The number of nitrogens with zero attached hydrogens (tertiary/aromatic N) is 1. The molecular formula is C14H26N2S2. The van der Waals surface area contributed by atoms with Crippen LogP contribution in [0, 0.1) is 0 Å². The van der Waals surface area contributed by atoms with E-state index in [4.69, 9.17) is 4.98 Å². The van der Waals surface area contributed by atoms with Gasteiger partial charge in [0.1, 0.15) is 5.01 Å².